The molecule has 5 rings (SSSR count). The molecule has 2 N–H and O–H groups in total. The lowest BCUT2D eigenvalue weighted by atomic mass is 9.96. The highest BCUT2D eigenvalue weighted by Crippen LogP contribution is 2.28. The van der Waals surface area contributed by atoms with Crippen molar-refractivity contribution in [1.29, 1.82) is 0 Å². The van der Waals surface area contributed by atoms with Crippen molar-refractivity contribution in [1.82, 2.24) is 35.1 Å². The number of pyridine rings is 1. The summed E-state index contributed by atoms with van der Waals surface area (Å²) in [6, 6.07) is 7.72. The second-order valence-electron chi connectivity index (χ2n) is 10.7. The number of fused-ring (bicyclic) bond motifs is 1. The molecule has 10 nitrogen and oxygen atoms in total. The van der Waals surface area contributed by atoms with Crippen molar-refractivity contribution in [2.45, 2.75) is 38.6 Å². The number of rotatable bonds is 9. The highest BCUT2D eigenvalue weighted by Gasteiger charge is 2.24. The average molecular weight is 570 g/mol. The number of nitrogens with one attached hydrogen (secondary N) is 2. The number of amides is 1. The van der Waals surface area contributed by atoms with E-state index in [-0.39, 0.29) is 11.5 Å². The average Bonchev–Trinajstić information content (AvgIpc) is 3.02. The van der Waals surface area contributed by atoms with Crippen LogP contribution in [0.3, 0.4) is 0 Å². The molecular weight excluding hydrogens is 533 g/mol. The molecule has 42 heavy (non-hydrogen) atoms. The Morgan fingerprint density at radius 2 is 1.88 bits per heavy atom. The molecule has 4 heterocycles. The Morgan fingerprint density at radius 3 is 2.57 bits per heavy atom. The van der Waals surface area contributed by atoms with Gasteiger partial charge < -0.3 is 20.4 Å². The quantitative estimate of drug-likeness (QED) is 0.298. The summed E-state index contributed by atoms with van der Waals surface area (Å²) in [5.41, 5.74) is 4.11. The largest absolute Gasteiger partial charge is 0.375 e. The maximum Gasteiger partial charge on any atom is 0.254 e. The maximum absolute atomic E-state index is 14.5. The van der Waals surface area contributed by atoms with Crippen LogP contribution in [0.5, 0.6) is 0 Å². The Bertz CT molecular complexity index is 1590. The van der Waals surface area contributed by atoms with Gasteiger partial charge in [-0.05, 0) is 25.3 Å². The van der Waals surface area contributed by atoms with Crippen LogP contribution >= 0.6 is 0 Å². The van der Waals surface area contributed by atoms with Crippen LogP contribution in [-0.2, 0) is 0 Å². The minimum atomic E-state index is -0.647. The van der Waals surface area contributed by atoms with E-state index in [0.717, 1.165) is 49.0 Å². The number of likely N-dealkylation sites (tertiary alicyclic amines) is 1. The van der Waals surface area contributed by atoms with Crippen LogP contribution in [0.4, 0.5) is 16.2 Å². The van der Waals surface area contributed by atoms with Crippen molar-refractivity contribution in [3.63, 3.8) is 0 Å². The zero-order chi connectivity index (χ0) is 29.8. The highest BCUT2D eigenvalue weighted by atomic mass is 19.1. The van der Waals surface area contributed by atoms with Crippen LogP contribution in [0.1, 0.15) is 48.5 Å². The number of nitrogens with zero attached hydrogens (tertiary/aromatic N) is 7. The first kappa shape index (κ1) is 28.8. The third kappa shape index (κ3) is 6.00. The lowest BCUT2D eigenvalue weighted by Crippen LogP contribution is -2.43. The van der Waals surface area contributed by atoms with Gasteiger partial charge in [-0.1, -0.05) is 31.7 Å². The van der Waals surface area contributed by atoms with E-state index in [4.69, 9.17) is 0 Å². The second-order valence-corrected chi connectivity index (χ2v) is 10.7. The number of allylic oxidation sites excluding steroid dienone is 1. The lowest BCUT2D eigenvalue weighted by Gasteiger charge is -2.37. The van der Waals surface area contributed by atoms with Crippen LogP contribution in [0.2, 0.25) is 0 Å². The van der Waals surface area contributed by atoms with Crippen molar-refractivity contribution < 1.29 is 9.18 Å². The summed E-state index contributed by atoms with van der Waals surface area (Å²) in [5.74, 6) is 0.206. The number of carbonyl (C=O) groups excluding carboxylic acids is 1. The molecule has 1 aliphatic rings. The van der Waals surface area contributed by atoms with Crippen LogP contribution < -0.4 is 15.5 Å². The Hall–Kier alpha value is -4.67. The molecule has 3 aromatic heterocycles. The van der Waals surface area contributed by atoms with Crippen molar-refractivity contribution in [3.05, 3.63) is 78.4 Å². The van der Waals surface area contributed by atoms with Gasteiger partial charge in [-0.25, -0.2) is 24.3 Å². The Kier molecular flexibility index (Phi) is 8.56. The molecular formula is C31H36FN9O. The molecule has 0 aliphatic carbocycles. The van der Waals surface area contributed by atoms with E-state index in [2.05, 4.69) is 58.9 Å². The Balaban J connectivity index is 1.26. The van der Waals surface area contributed by atoms with Crippen LogP contribution in [0.15, 0.2) is 61.5 Å². The molecule has 1 aliphatic heterocycles. The molecule has 1 saturated heterocycles. The van der Waals surface area contributed by atoms with E-state index < -0.39 is 11.7 Å². The van der Waals surface area contributed by atoms with Crippen molar-refractivity contribution in [2.75, 3.05) is 43.9 Å². The molecule has 0 radical (unpaired) electrons. The van der Waals surface area contributed by atoms with Crippen molar-refractivity contribution >= 4 is 28.6 Å². The normalized spacial score (nSPS) is 14.5. The molecule has 11 heteroatoms. The number of benzene rings is 1. The minimum absolute atomic E-state index is 0.00227. The number of halogens is 1. The number of hydrogen-bond donors (Lipinski definition) is 2. The van der Waals surface area contributed by atoms with Gasteiger partial charge in [-0.2, -0.15) is 0 Å². The summed E-state index contributed by atoms with van der Waals surface area (Å²) in [5, 5.41) is 6.36. The second kappa shape index (κ2) is 12.5. The standard InChI is InChI=1S/C31H36FN9O/c1-19(2)41-11-9-22(10-12-41)40(5)31-36-15-21(16-37-31)26-13-27(39-18-38-26)34-14-20(3)23-7-6-8-24-28(30(42)33-4)25(32)17-35-29(23)24/h6-8,13,15-18,20,22H,1,9-12,14H2,2-5H3,(H,33,42)(H,34,38,39)/t20-/m1/s1. The van der Waals surface area contributed by atoms with Crippen molar-refractivity contribution in [3.8, 4) is 11.3 Å². The van der Waals surface area contributed by atoms with Crippen LogP contribution in [0.25, 0.3) is 22.2 Å². The highest BCUT2D eigenvalue weighted by molar-refractivity contribution is 6.06. The zero-order valence-corrected chi connectivity index (χ0v) is 24.4. The molecule has 4 aromatic rings. The topological polar surface area (TPSA) is 112 Å². The Morgan fingerprint density at radius 1 is 1.14 bits per heavy atom. The maximum atomic E-state index is 14.5. The van der Waals surface area contributed by atoms with Gasteiger partial charge in [0.2, 0.25) is 5.95 Å². The summed E-state index contributed by atoms with van der Waals surface area (Å²) in [4.78, 5) is 39.2. The third-order valence-electron chi connectivity index (χ3n) is 7.93. The fourth-order valence-electron chi connectivity index (χ4n) is 5.39. The van der Waals surface area contributed by atoms with Crippen LogP contribution in [-0.4, -0.2) is 75.5 Å². The fraction of sp³-hybridized carbons (Fsp3) is 0.355. The number of hydrogen-bond acceptors (Lipinski definition) is 9. The summed E-state index contributed by atoms with van der Waals surface area (Å²) >= 11 is 0. The van der Waals surface area contributed by atoms with Gasteiger partial charge in [-0.15, -0.1) is 0 Å². The van der Waals surface area contributed by atoms with Crippen molar-refractivity contribution in [2.24, 2.45) is 0 Å². The van der Waals surface area contributed by atoms with E-state index in [9.17, 15) is 9.18 Å². The van der Waals surface area contributed by atoms with E-state index in [1.54, 1.807) is 18.5 Å². The van der Waals surface area contributed by atoms with Gasteiger partial charge in [0.1, 0.15) is 12.1 Å². The van der Waals surface area contributed by atoms with E-state index in [0.29, 0.717) is 40.9 Å². The minimum Gasteiger partial charge on any atom is -0.375 e. The molecule has 218 valence electrons. The molecule has 1 amide bonds. The SMILES string of the molecule is C=C(C)N1CCC(N(C)c2ncc(-c3cc(NC[C@@H](C)c4cccc5c(C(=O)NC)c(F)cnc45)ncn3)cn2)CC1. The number of para-hydroxylation sites is 1. The van der Waals surface area contributed by atoms with Gasteiger partial charge in [0.25, 0.3) is 5.91 Å². The predicted octanol–water partition coefficient (Wildman–Crippen LogP) is 4.63. The molecule has 0 unspecified atom stereocenters. The molecule has 1 atom stereocenters. The number of piperidine rings is 1. The van der Waals surface area contributed by atoms with Gasteiger partial charge >= 0.3 is 0 Å². The van der Waals surface area contributed by atoms with Gasteiger partial charge in [0.15, 0.2) is 5.82 Å². The predicted molar refractivity (Wildman–Crippen MR) is 163 cm³/mol. The zero-order valence-electron chi connectivity index (χ0n) is 24.4. The van der Waals surface area contributed by atoms with E-state index >= 15 is 0 Å². The first-order valence-corrected chi connectivity index (χ1v) is 14.1. The lowest BCUT2D eigenvalue weighted by molar-refractivity contribution is 0.0960. The smallest absolute Gasteiger partial charge is 0.254 e. The first-order chi connectivity index (χ1) is 20.3. The van der Waals surface area contributed by atoms with Gasteiger partial charge in [0.05, 0.1) is 23.0 Å². The summed E-state index contributed by atoms with van der Waals surface area (Å²) in [6.07, 6.45) is 8.27. The molecule has 0 bridgehead atoms. The Labute approximate surface area is 245 Å². The monoisotopic (exact) mass is 569 g/mol. The van der Waals surface area contributed by atoms with Crippen LogP contribution in [0, 0.1) is 5.82 Å². The first-order valence-electron chi connectivity index (χ1n) is 14.1. The van der Waals surface area contributed by atoms with E-state index in [1.165, 1.54) is 13.4 Å². The summed E-state index contributed by atoms with van der Waals surface area (Å²) < 4.78 is 14.5. The fourth-order valence-corrected chi connectivity index (χ4v) is 5.39. The van der Waals surface area contributed by atoms with Gasteiger partial charge in [0, 0.05) is 80.8 Å². The summed E-state index contributed by atoms with van der Waals surface area (Å²) in [7, 11) is 3.53. The third-order valence-corrected chi connectivity index (χ3v) is 7.93. The molecule has 1 aromatic carbocycles. The number of carbonyl (C=O) groups is 1. The van der Waals surface area contributed by atoms with E-state index in [1.807, 2.05) is 32.2 Å². The molecule has 0 saturated carbocycles. The summed E-state index contributed by atoms with van der Waals surface area (Å²) in [6.45, 7) is 10.7. The molecule has 1 fully saturated rings. The number of aromatic nitrogens is 5. The number of anilines is 2. The molecule has 0 spiro atoms. The van der Waals surface area contributed by atoms with Gasteiger partial charge in [-0.3, -0.25) is 9.78 Å².